The molecule has 0 spiro atoms. The van der Waals surface area contributed by atoms with Crippen molar-refractivity contribution in [3.05, 3.63) is 53.7 Å². The number of rotatable bonds is 6. The molecule has 2 heterocycles. The number of benzene rings is 1. The molecular weight excluding hydrogens is 408 g/mol. The molecule has 0 aliphatic heterocycles. The van der Waals surface area contributed by atoms with Crippen molar-refractivity contribution in [3.63, 3.8) is 0 Å². The quantitative estimate of drug-likeness (QED) is 0.614. The lowest BCUT2D eigenvalue weighted by Crippen LogP contribution is -2.38. The largest absolute Gasteiger partial charge is 0.354 e. The van der Waals surface area contributed by atoms with Gasteiger partial charge in [-0.2, -0.15) is 10.1 Å². The minimum Gasteiger partial charge on any atom is -0.354 e. The van der Waals surface area contributed by atoms with E-state index >= 15 is 0 Å². The van der Waals surface area contributed by atoms with Crippen molar-refractivity contribution < 1.29 is 14.1 Å². The molecule has 9 heteroatoms. The number of carbonyl (C=O) groups is 2. The third-order valence-electron chi connectivity index (χ3n) is 5.82. The van der Waals surface area contributed by atoms with Crippen LogP contribution in [-0.2, 0) is 11.8 Å². The zero-order chi connectivity index (χ0) is 22.8. The van der Waals surface area contributed by atoms with Gasteiger partial charge in [0.25, 0.3) is 5.91 Å². The van der Waals surface area contributed by atoms with E-state index in [1.165, 1.54) is 0 Å². The summed E-state index contributed by atoms with van der Waals surface area (Å²) >= 11 is 0. The smallest absolute Gasteiger partial charge is 0.272 e. The maximum absolute atomic E-state index is 12.9. The molecule has 0 unspecified atom stereocenters. The van der Waals surface area contributed by atoms with Gasteiger partial charge in [-0.1, -0.05) is 35.5 Å². The minimum atomic E-state index is -0.322. The van der Waals surface area contributed by atoms with Gasteiger partial charge in [-0.15, -0.1) is 0 Å². The van der Waals surface area contributed by atoms with Crippen molar-refractivity contribution >= 4 is 11.8 Å². The van der Waals surface area contributed by atoms with Crippen LogP contribution in [0.5, 0.6) is 0 Å². The Labute approximate surface area is 186 Å². The summed E-state index contributed by atoms with van der Waals surface area (Å²) in [4.78, 5) is 30.2. The number of amides is 2. The highest BCUT2D eigenvalue weighted by Gasteiger charge is 2.42. The van der Waals surface area contributed by atoms with Crippen LogP contribution < -0.4 is 10.6 Å². The van der Waals surface area contributed by atoms with Crippen molar-refractivity contribution in [2.24, 2.45) is 13.0 Å². The zero-order valence-corrected chi connectivity index (χ0v) is 18.7. The lowest BCUT2D eigenvalue weighted by Gasteiger charge is -2.17. The van der Waals surface area contributed by atoms with E-state index in [4.69, 9.17) is 4.52 Å². The summed E-state index contributed by atoms with van der Waals surface area (Å²) in [7, 11) is 1.79. The van der Waals surface area contributed by atoms with Crippen LogP contribution in [-0.4, -0.2) is 43.8 Å². The van der Waals surface area contributed by atoms with E-state index in [9.17, 15) is 9.59 Å². The Hall–Kier alpha value is -3.49. The van der Waals surface area contributed by atoms with Gasteiger partial charge in [-0.05, 0) is 39.7 Å². The Balaban J connectivity index is 1.57. The van der Waals surface area contributed by atoms with E-state index in [-0.39, 0.29) is 35.7 Å². The predicted molar refractivity (Wildman–Crippen MR) is 118 cm³/mol. The van der Waals surface area contributed by atoms with Crippen LogP contribution in [0.15, 0.2) is 40.9 Å². The average molecular weight is 437 g/mol. The summed E-state index contributed by atoms with van der Waals surface area (Å²) in [6, 6.07) is 11.0. The maximum Gasteiger partial charge on any atom is 0.272 e. The Morgan fingerprint density at radius 2 is 1.94 bits per heavy atom. The predicted octanol–water partition coefficient (Wildman–Crippen LogP) is 2.60. The van der Waals surface area contributed by atoms with E-state index in [2.05, 4.69) is 25.9 Å². The van der Waals surface area contributed by atoms with Crippen LogP contribution >= 0.6 is 0 Å². The molecule has 2 aromatic heterocycles. The monoisotopic (exact) mass is 436 g/mol. The maximum atomic E-state index is 12.9. The standard InChI is InChI=1S/C23H28N6O3/c1-13(2)24-21(30)16-11-17(23-26-20(28-32-23)15-8-6-5-7-9-15)18(12-16)25-22(31)19-10-14(3)29(4)27-19/h5-10,13,16-18H,11-12H2,1-4H3,(H,24,30)(H,25,31)/t16-,17-,18+/m1/s1. The number of carbonyl (C=O) groups excluding carboxylic acids is 2. The molecule has 168 valence electrons. The molecule has 9 nitrogen and oxygen atoms in total. The highest BCUT2D eigenvalue weighted by atomic mass is 16.5. The number of aryl methyl sites for hydroxylation is 2. The van der Waals surface area contributed by atoms with Gasteiger partial charge in [0, 0.05) is 36.3 Å². The summed E-state index contributed by atoms with van der Waals surface area (Å²) in [5.41, 5.74) is 2.07. The Morgan fingerprint density at radius 3 is 2.59 bits per heavy atom. The average Bonchev–Trinajstić information content (AvgIpc) is 3.47. The van der Waals surface area contributed by atoms with Crippen LogP contribution in [0.3, 0.4) is 0 Å². The third-order valence-corrected chi connectivity index (χ3v) is 5.82. The Bertz CT molecular complexity index is 1080. The van der Waals surface area contributed by atoms with Crippen LogP contribution in [0.4, 0.5) is 0 Å². The molecular formula is C23H28N6O3. The van der Waals surface area contributed by atoms with Gasteiger partial charge in [0.05, 0.1) is 5.92 Å². The summed E-state index contributed by atoms with van der Waals surface area (Å²) in [5, 5.41) is 14.4. The van der Waals surface area contributed by atoms with Gasteiger partial charge >= 0.3 is 0 Å². The van der Waals surface area contributed by atoms with Gasteiger partial charge in [0.1, 0.15) is 5.69 Å². The molecule has 2 N–H and O–H groups in total. The van der Waals surface area contributed by atoms with E-state index in [0.717, 1.165) is 11.3 Å². The SMILES string of the molecule is Cc1cc(C(=O)N[C@H]2C[C@H](C(=O)NC(C)C)C[C@H]2c2nc(-c3ccccc3)no2)nn1C. The van der Waals surface area contributed by atoms with Crippen molar-refractivity contribution in [3.8, 4) is 11.4 Å². The lowest BCUT2D eigenvalue weighted by atomic mass is 10.0. The molecule has 0 saturated heterocycles. The molecule has 4 rings (SSSR count). The van der Waals surface area contributed by atoms with Crippen molar-refractivity contribution in [1.29, 1.82) is 0 Å². The molecule has 1 aliphatic rings. The third kappa shape index (κ3) is 4.56. The highest BCUT2D eigenvalue weighted by Crippen LogP contribution is 2.39. The molecule has 1 aliphatic carbocycles. The highest BCUT2D eigenvalue weighted by molar-refractivity contribution is 5.92. The van der Waals surface area contributed by atoms with Crippen LogP contribution in [0, 0.1) is 12.8 Å². The van der Waals surface area contributed by atoms with Crippen LogP contribution in [0.2, 0.25) is 0 Å². The van der Waals surface area contributed by atoms with Crippen molar-refractivity contribution in [1.82, 2.24) is 30.6 Å². The first-order chi connectivity index (χ1) is 15.3. The molecule has 1 aromatic carbocycles. The Morgan fingerprint density at radius 1 is 1.19 bits per heavy atom. The van der Waals surface area contributed by atoms with E-state index in [1.807, 2.05) is 51.1 Å². The fourth-order valence-electron chi connectivity index (χ4n) is 4.09. The van der Waals surface area contributed by atoms with Gasteiger partial charge in [0.15, 0.2) is 0 Å². The summed E-state index contributed by atoms with van der Waals surface area (Å²) in [6.45, 7) is 5.74. The molecule has 0 radical (unpaired) electrons. The molecule has 32 heavy (non-hydrogen) atoms. The van der Waals surface area contributed by atoms with E-state index < -0.39 is 0 Å². The normalized spacial score (nSPS) is 20.5. The number of hydrogen-bond donors (Lipinski definition) is 2. The summed E-state index contributed by atoms with van der Waals surface area (Å²) in [6.07, 6.45) is 1.00. The fourth-order valence-corrected chi connectivity index (χ4v) is 4.09. The number of aromatic nitrogens is 4. The fraction of sp³-hybridized carbons (Fsp3) is 0.435. The first kappa shape index (κ1) is 21.7. The van der Waals surface area contributed by atoms with Gasteiger partial charge in [-0.3, -0.25) is 14.3 Å². The van der Waals surface area contributed by atoms with E-state index in [1.54, 1.807) is 17.8 Å². The Kier molecular flexibility index (Phi) is 6.07. The van der Waals surface area contributed by atoms with Crippen LogP contribution in [0.25, 0.3) is 11.4 Å². The van der Waals surface area contributed by atoms with Crippen LogP contribution in [0.1, 0.15) is 54.7 Å². The molecule has 1 fully saturated rings. The minimum absolute atomic E-state index is 0.0294. The molecule has 2 amide bonds. The molecule has 3 atom stereocenters. The van der Waals surface area contributed by atoms with Gasteiger partial charge < -0.3 is 15.2 Å². The second-order valence-corrected chi connectivity index (χ2v) is 8.63. The molecule has 1 saturated carbocycles. The second kappa shape index (κ2) is 8.94. The first-order valence-electron chi connectivity index (χ1n) is 10.8. The second-order valence-electron chi connectivity index (χ2n) is 8.63. The summed E-state index contributed by atoms with van der Waals surface area (Å²) < 4.78 is 7.25. The van der Waals surface area contributed by atoms with Crippen molar-refractivity contribution in [2.75, 3.05) is 0 Å². The number of nitrogens with one attached hydrogen (secondary N) is 2. The van der Waals surface area contributed by atoms with Crippen molar-refractivity contribution in [2.45, 2.75) is 51.6 Å². The first-order valence-corrected chi connectivity index (χ1v) is 10.8. The topological polar surface area (TPSA) is 115 Å². The molecule has 0 bridgehead atoms. The van der Waals surface area contributed by atoms with Gasteiger partial charge in [0.2, 0.25) is 17.6 Å². The van der Waals surface area contributed by atoms with Gasteiger partial charge in [-0.25, -0.2) is 0 Å². The zero-order valence-electron chi connectivity index (χ0n) is 18.7. The number of nitrogens with zero attached hydrogens (tertiary/aromatic N) is 4. The van der Waals surface area contributed by atoms with E-state index in [0.29, 0.717) is 30.3 Å². The number of hydrogen-bond acceptors (Lipinski definition) is 6. The summed E-state index contributed by atoms with van der Waals surface area (Å²) in [5.74, 6) is 0.0730. The molecule has 3 aromatic rings. The lowest BCUT2D eigenvalue weighted by molar-refractivity contribution is -0.125.